The molecule has 5 heteroatoms. The van der Waals surface area contributed by atoms with E-state index in [0.29, 0.717) is 12.5 Å². The fraction of sp³-hybridized carbons (Fsp3) is 0.611. The van der Waals surface area contributed by atoms with Gasteiger partial charge in [-0.2, -0.15) is 0 Å². The predicted molar refractivity (Wildman–Crippen MR) is 91.9 cm³/mol. The van der Waals surface area contributed by atoms with Crippen molar-refractivity contribution in [2.24, 2.45) is 11.8 Å². The molecule has 2 unspecified atom stereocenters. The first kappa shape index (κ1) is 17.8. The van der Waals surface area contributed by atoms with E-state index in [2.05, 4.69) is 36.6 Å². The molecule has 128 valence electrons. The van der Waals surface area contributed by atoms with Crippen molar-refractivity contribution < 1.29 is 9.53 Å². The molecule has 0 radical (unpaired) electrons. The summed E-state index contributed by atoms with van der Waals surface area (Å²) in [5.41, 5.74) is 5.00. The molecule has 2 atom stereocenters. The van der Waals surface area contributed by atoms with Crippen molar-refractivity contribution in [2.75, 3.05) is 13.1 Å². The summed E-state index contributed by atoms with van der Waals surface area (Å²) in [4.78, 5) is 14.0. The van der Waals surface area contributed by atoms with Crippen molar-refractivity contribution in [1.29, 1.82) is 0 Å². The predicted octanol–water partition coefficient (Wildman–Crippen LogP) is 2.63. The average molecular weight is 319 g/mol. The number of hydrogen-bond acceptors (Lipinski definition) is 4. The molecule has 2 rings (SSSR count). The minimum atomic E-state index is -0.456. The van der Waals surface area contributed by atoms with Crippen LogP contribution in [0.1, 0.15) is 38.3 Å². The topological polar surface area (TPSA) is 67.6 Å². The van der Waals surface area contributed by atoms with E-state index in [-0.39, 0.29) is 12.1 Å². The molecule has 23 heavy (non-hydrogen) atoms. The lowest BCUT2D eigenvalue weighted by atomic mass is 9.93. The number of nitrogens with one attached hydrogen (secondary N) is 1. The first-order chi connectivity index (χ1) is 10.8. The van der Waals surface area contributed by atoms with E-state index in [9.17, 15) is 4.79 Å². The maximum Gasteiger partial charge on any atom is 0.410 e. The Morgan fingerprint density at radius 1 is 1.48 bits per heavy atom. The molecule has 0 bridgehead atoms. The fourth-order valence-electron chi connectivity index (χ4n) is 3.06. The van der Waals surface area contributed by atoms with Gasteiger partial charge in [0.1, 0.15) is 5.60 Å². The molecule has 1 aliphatic rings. The molecule has 1 saturated heterocycles. The van der Waals surface area contributed by atoms with Crippen molar-refractivity contribution in [3.05, 3.63) is 35.4 Å². The first-order valence-corrected chi connectivity index (χ1v) is 8.28. The van der Waals surface area contributed by atoms with E-state index in [4.69, 9.17) is 10.6 Å². The molecular weight excluding hydrogens is 290 g/mol. The fourth-order valence-corrected chi connectivity index (χ4v) is 3.06. The van der Waals surface area contributed by atoms with Gasteiger partial charge in [0.05, 0.1) is 0 Å². The summed E-state index contributed by atoms with van der Waals surface area (Å²) in [7, 11) is 0. The normalized spacial score (nSPS) is 19.7. The lowest BCUT2D eigenvalue weighted by Crippen LogP contribution is -2.44. The van der Waals surface area contributed by atoms with Crippen molar-refractivity contribution in [3.8, 4) is 0 Å². The van der Waals surface area contributed by atoms with Gasteiger partial charge >= 0.3 is 6.09 Å². The second-order valence-electron chi connectivity index (χ2n) is 7.44. The maximum absolute atomic E-state index is 12.2. The lowest BCUT2D eigenvalue weighted by molar-refractivity contribution is 0.0285. The minimum Gasteiger partial charge on any atom is -0.444 e. The van der Waals surface area contributed by atoms with Gasteiger partial charge in [-0.25, -0.2) is 4.79 Å². The number of amides is 1. The smallest absolute Gasteiger partial charge is 0.410 e. The molecule has 0 spiro atoms. The molecule has 0 aliphatic carbocycles. The van der Waals surface area contributed by atoms with Crippen molar-refractivity contribution >= 4 is 6.09 Å². The first-order valence-electron chi connectivity index (χ1n) is 8.28. The highest BCUT2D eigenvalue weighted by Crippen LogP contribution is 2.24. The summed E-state index contributed by atoms with van der Waals surface area (Å²) in [6.07, 6.45) is 1.58. The Kier molecular flexibility index (Phi) is 5.65. The van der Waals surface area contributed by atoms with Crippen molar-refractivity contribution in [2.45, 2.75) is 52.2 Å². The monoisotopic (exact) mass is 319 g/mol. The average Bonchev–Trinajstić information content (AvgIpc) is 2.93. The number of nitrogens with two attached hydrogens (primary N) is 1. The van der Waals surface area contributed by atoms with Gasteiger partial charge in [0.2, 0.25) is 0 Å². The molecule has 1 aromatic carbocycles. The van der Waals surface area contributed by atoms with Crippen LogP contribution in [-0.4, -0.2) is 35.7 Å². The Balaban J connectivity index is 1.94. The van der Waals surface area contributed by atoms with Gasteiger partial charge in [-0.15, -0.1) is 0 Å². The lowest BCUT2D eigenvalue weighted by Gasteiger charge is -2.26. The number of hydrazine groups is 1. The summed E-state index contributed by atoms with van der Waals surface area (Å²) >= 11 is 0. The highest BCUT2D eigenvalue weighted by Gasteiger charge is 2.33. The van der Waals surface area contributed by atoms with Crippen LogP contribution in [0, 0.1) is 12.8 Å². The summed E-state index contributed by atoms with van der Waals surface area (Å²) in [5.74, 6) is 6.12. The van der Waals surface area contributed by atoms with Crippen LogP contribution in [-0.2, 0) is 11.2 Å². The molecule has 1 amide bonds. The van der Waals surface area contributed by atoms with Crippen molar-refractivity contribution in [3.63, 3.8) is 0 Å². The Hall–Kier alpha value is -1.59. The third-order valence-electron chi connectivity index (χ3n) is 4.20. The number of aryl methyl sites for hydroxylation is 1. The number of hydrogen-bond donors (Lipinski definition) is 2. The van der Waals surface area contributed by atoms with Crippen LogP contribution in [0.3, 0.4) is 0 Å². The van der Waals surface area contributed by atoms with Crippen LogP contribution in [0.25, 0.3) is 0 Å². The van der Waals surface area contributed by atoms with Gasteiger partial charge in [0.25, 0.3) is 0 Å². The van der Waals surface area contributed by atoms with Gasteiger partial charge in [-0.3, -0.25) is 11.3 Å². The number of likely N-dealkylation sites (tertiary alicyclic amines) is 1. The van der Waals surface area contributed by atoms with Gasteiger partial charge in [0, 0.05) is 19.1 Å². The largest absolute Gasteiger partial charge is 0.444 e. The van der Waals surface area contributed by atoms with Crippen LogP contribution in [0.2, 0.25) is 0 Å². The SMILES string of the molecule is Cc1cccc(CC(NN)C2CCN(C(=O)OC(C)(C)C)C2)c1. The molecule has 1 aliphatic heterocycles. The Morgan fingerprint density at radius 2 is 2.22 bits per heavy atom. The number of carbonyl (C=O) groups is 1. The summed E-state index contributed by atoms with van der Waals surface area (Å²) in [6.45, 7) is 9.18. The molecule has 3 N–H and O–H groups in total. The van der Waals surface area contributed by atoms with Gasteiger partial charge < -0.3 is 9.64 Å². The molecule has 5 nitrogen and oxygen atoms in total. The number of carbonyl (C=O) groups excluding carboxylic acids is 1. The summed E-state index contributed by atoms with van der Waals surface area (Å²) in [6, 6.07) is 8.63. The molecule has 0 saturated carbocycles. The second-order valence-corrected chi connectivity index (χ2v) is 7.44. The Bertz CT molecular complexity index is 539. The van der Waals surface area contributed by atoms with E-state index in [0.717, 1.165) is 19.4 Å². The quantitative estimate of drug-likeness (QED) is 0.661. The number of nitrogens with zero attached hydrogens (tertiary/aromatic N) is 1. The summed E-state index contributed by atoms with van der Waals surface area (Å²) in [5, 5.41) is 0. The minimum absolute atomic E-state index is 0.157. The summed E-state index contributed by atoms with van der Waals surface area (Å²) < 4.78 is 5.45. The number of benzene rings is 1. The van der Waals surface area contributed by atoms with E-state index in [1.54, 1.807) is 4.90 Å². The zero-order valence-corrected chi connectivity index (χ0v) is 14.6. The zero-order chi connectivity index (χ0) is 17.0. The van der Waals surface area contributed by atoms with E-state index in [1.807, 2.05) is 20.8 Å². The molecular formula is C18H29N3O2. The second kappa shape index (κ2) is 7.32. The standard InChI is InChI=1S/C18H29N3O2/c1-13-6-5-7-14(10-13)11-16(20-19)15-8-9-21(12-15)17(22)23-18(2,3)4/h5-7,10,15-16,20H,8-9,11-12,19H2,1-4H3. The van der Waals surface area contributed by atoms with E-state index >= 15 is 0 Å². The van der Waals surface area contributed by atoms with Crippen LogP contribution < -0.4 is 11.3 Å². The number of ether oxygens (including phenoxy) is 1. The highest BCUT2D eigenvalue weighted by atomic mass is 16.6. The van der Waals surface area contributed by atoms with Crippen LogP contribution in [0.5, 0.6) is 0 Å². The van der Waals surface area contributed by atoms with Crippen molar-refractivity contribution in [1.82, 2.24) is 10.3 Å². The third kappa shape index (κ3) is 5.22. The maximum atomic E-state index is 12.2. The van der Waals surface area contributed by atoms with E-state index < -0.39 is 5.60 Å². The molecule has 1 aromatic rings. The third-order valence-corrected chi connectivity index (χ3v) is 4.20. The van der Waals surface area contributed by atoms with Gasteiger partial charge in [-0.05, 0) is 52.0 Å². The molecule has 0 aromatic heterocycles. The van der Waals surface area contributed by atoms with Crippen LogP contribution in [0.4, 0.5) is 4.79 Å². The van der Waals surface area contributed by atoms with Crippen LogP contribution in [0.15, 0.2) is 24.3 Å². The number of rotatable bonds is 4. The Labute approximate surface area is 139 Å². The van der Waals surface area contributed by atoms with Gasteiger partial charge in [0.15, 0.2) is 0 Å². The highest BCUT2D eigenvalue weighted by molar-refractivity contribution is 5.68. The molecule has 1 heterocycles. The van der Waals surface area contributed by atoms with E-state index in [1.165, 1.54) is 11.1 Å². The Morgan fingerprint density at radius 3 is 2.83 bits per heavy atom. The molecule has 1 fully saturated rings. The zero-order valence-electron chi connectivity index (χ0n) is 14.6. The van der Waals surface area contributed by atoms with Crippen LogP contribution >= 0.6 is 0 Å². The van der Waals surface area contributed by atoms with Gasteiger partial charge in [-0.1, -0.05) is 29.8 Å².